The van der Waals surface area contributed by atoms with Gasteiger partial charge in [-0.3, -0.25) is 0 Å². The summed E-state index contributed by atoms with van der Waals surface area (Å²) in [6.07, 6.45) is 4.67. The molecule has 1 saturated heterocycles. The highest BCUT2D eigenvalue weighted by Gasteiger charge is 2.42. The lowest BCUT2D eigenvalue weighted by Gasteiger charge is -2.01. The average molecular weight is 158 g/mol. The molecule has 2 nitrogen and oxygen atoms in total. The molecule has 1 fully saturated rings. The topological polar surface area (TPSA) is 32.8 Å². The summed E-state index contributed by atoms with van der Waals surface area (Å²) in [5, 5.41) is 9.34. The van der Waals surface area contributed by atoms with Crippen LogP contribution in [0.3, 0.4) is 0 Å². The van der Waals surface area contributed by atoms with Crippen molar-refractivity contribution in [2.75, 3.05) is 0 Å². The Morgan fingerprint density at radius 2 is 2.18 bits per heavy atom. The van der Waals surface area contributed by atoms with E-state index in [0.29, 0.717) is 6.10 Å². The number of ether oxygens (including phenoxy) is 1. The highest BCUT2D eigenvalue weighted by atomic mass is 16.6. The summed E-state index contributed by atoms with van der Waals surface area (Å²) in [7, 11) is 0. The number of hydrogen-bond acceptors (Lipinski definition) is 2. The molecule has 3 atom stereocenters. The molecule has 1 aliphatic rings. The van der Waals surface area contributed by atoms with Crippen molar-refractivity contribution >= 4 is 0 Å². The van der Waals surface area contributed by atoms with Crippen LogP contribution in [0.15, 0.2) is 0 Å². The number of rotatable bonds is 5. The molecule has 0 amide bonds. The van der Waals surface area contributed by atoms with Crippen LogP contribution in [0.25, 0.3) is 0 Å². The van der Waals surface area contributed by atoms with Gasteiger partial charge in [0.2, 0.25) is 0 Å². The summed E-state index contributed by atoms with van der Waals surface area (Å²) >= 11 is 0. The van der Waals surface area contributed by atoms with Crippen molar-refractivity contribution in [1.82, 2.24) is 0 Å². The maximum Gasteiger partial charge on any atom is 0.110 e. The van der Waals surface area contributed by atoms with Crippen LogP contribution in [-0.4, -0.2) is 23.4 Å². The van der Waals surface area contributed by atoms with Crippen molar-refractivity contribution in [3.05, 3.63) is 0 Å². The fourth-order valence-electron chi connectivity index (χ4n) is 1.36. The van der Waals surface area contributed by atoms with Crippen LogP contribution in [0.4, 0.5) is 0 Å². The van der Waals surface area contributed by atoms with Gasteiger partial charge in [-0.1, -0.05) is 26.7 Å². The lowest BCUT2D eigenvalue weighted by atomic mass is 10.1. The Morgan fingerprint density at radius 3 is 2.73 bits per heavy atom. The second kappa shape index (κ2) is 4.07. The molecule has 0 radical (unpaired) electrons. The van der Waals surface area contributed by atoms with Crippen LogP contribution < -0.4 is 0 Å². The minimum absolute atomic E-state index is 0.159. The maximum atomic E-state index is 9.34. The van der Waals surface area contributed by atoms with E-state index in [2.05, 4.69) is 6.92 Å². The molecule has 0 unspecified atom stereocenters. The zero-order chi connectivity index (χ0) is 8.27. The van der Waals surface area contributed by atoms with Crippen molar-refractivity contribution < 1.29 is 9.84 Å². The van der Waals surface area contributed by atoms with E-state index in [1.54, 1.807) is 0 Å². The van der Waals surface area contributed by atoms with Crippen molar-refractivity contribution in [3.8, 4) is 0 Å². The van der Waals surface area contributed by atoms with Gasteiger partial charge in [0.15, 0.2) is 0 Å². The molecule has 2 heteroatoms. The van der Waals surface area contributed by atoms with E-state index >= 15 is 0 Å². The monoisotopic (exact) mass is 158 g/mol. The minimum Gasteiger partial charge on any atom is -0.390 e. The quantitative estimate of drug-likeness (QED) is 0.618. The van der Waals surface area contributed by atoms with Gasteiger partial charge in [0, 0.05) is 0 Å². The van der Waals surface area contributed by atoms with Gasteiger partial charge in [-0.25, -0.2) is 0 Å². The van der Waals surface area contributed by atoms with E-state index in [9.17, 15) is 5.11 Å². The SMILES string of the molecule is CCCC[C@@H]1O[C@H]1[C@H](O)CC. The van der Waals surface area contributed by atoms with Gasteiger partial charge in [0.1, 0.15) is 6.10 Å². The number of hydrogen-bond donors (Lipinski definition) is 1. The minimum atomic E-state index is -0.225. The molecule has 0 aliphatic carbocycles. The van der Waals surface area contributed by atoms with Gasteiger partial charge < -0.3 is 9.84 Å². The van der Waals surface area contributed by atoms with Crippen LogP contribution in [0.5, 0.6) is 0 Å². The summed E-state index contributed by atoms with van der Waals surface area (Å²) < 4.78 is 5.32. The van der Waals surface area contributed by atoms with E-state index in [4.69, 9.17) is 4.74 Å². The van der Waals surface area contributed by atoms with E-state index in [-0.39, 0.29) is 12.2 Å². The highest BCUT2D eigenvalue weighted by molar-refractivity contribution is 4.89. The summed E-state index contributed by atoms with van der Waals surface area (Å²) in [5.41, 5.74) is 0. The molecule has 1 aliphatic heterocycles. The Hall–Kier alpha value is -0.0800. The lowest BCUT2D eigenvalue weighted by molar-refractivity contribution is 0.131. The van der Waals surface area contributed by atoms with Crippen molar-refractivity contribution in [2.24, 2.45) is 0 Å². The first-order chi connectivity index (χ1) is 5.29. The predicted octanol–water partition coefficient (Wildman–Crippen LogP) is 1.71. The summed E-state index contributed by atoms with van der Waals surface area (Å²) in [5.74, 6) is 0. The smallest absolute Gasteiger partial charge is 0.110 e. The Balaban J connectivity index is 2.06. The van der Waals surface area contributed by atoms with Gasteiger partial charge in [0.05, 0.1) is 12.2 Å². The number of unbranched alkanes of at least 4 members (excludes halogenated alkanes) is 1. The normalized spacial score (nSPS) is 31.9. The molecule has 0 saturated carbocycles. The Morgan fingerprint density at radius 1 is 1.45 bits per heavy atom. The molecular formula is C9H18O2. The van der Waals surface area contributed by atoms with Crippen molar-refractivity contribution in [2.45, 2.75) is 57.8 Å². The number of aliphatic hydroxyl groups is 1. The van der Waals surface area contributed by atoms with E-state index < -0.39 is 0 Å². The fraction of sp³-hybridized carbons (Fsp3) is 1.00. The molecule has 0 bridgehead atoms. The predicted molar refractivity (Wildman–Crippen MR) is 44.5 cm³/mol. The van der Waals surface area contributed by atoms with Crippen molar-refractivity contribution in [3.63, 3.8) is 0 Å². The van der Waals surface area contributed by atoms with Crippen LogP contribution in [-0.2, 0) is 4.74 Å². The molecule has 11 heavy (non-hydrogen) atoms. The van der Waals surface area contributed by atoms with Gasteiger partial charge in [-0.2, -0.15) is 0 Å². The zero-order valence-corrected chi connectivity index (χ0v) is 7.42. The van der Waals surface area contributed by atoms with Crippen molar-refractivity contribution in [1.29, 1.82) is 0 Å². The Bertz CT molecular complexity index is 114. The molecule has 0 aromatic carbocycles. The number of epoxide rings is 1. The average Bonchev–Trinajstić information content (AvgIpc) is 2.78. The van der Waals surface area contributed by atoms with Gasteiger partial charge in [-0.05, 0) is 12.8 Å². The molecule has 1 N–H and O–H groups in total. The molecule has 1 rings (SSSR count). The third-order valence-corrected chi connectivity index (χ3v) is 2.26. The van der Waals surface area contributed by atoms with Crippen LogP contribution in [0.2, 0.25) is 0 Å². The standard InChI is InChI=1S/C9H18O2/c1-3-5-6-8-9(11-8)7(10)4-2/h7-10H,3-6H2,1-2H3/t7-,8+,9+/m1/s1. The van der Waals surface area contributed by atoms with E-state index in [0.717, 1.165) is 12.8 Å². The van der Waals surface area contributed by atoms with Crippen LogP contribution in [0.1, 0.15) is 39.5 Å². The van der Waals surface area contributed by atoms with Gasteiger partial charge in [-0.15, -0.1) is 0 Å². The maximum absolute atomic E-state index is 9.34. The number of aliphatic hydroxyl groups excluding tert-OH is 1. The second-order valence-electron chi connectivity index (χ2n) is 3.26. The molecular weight excluding hydrogens is 140 g/mol. The Labute approximate surface area is 68.6 Å². The van der Waals surface area contributed by atoms with Gasteiger partial charge in [0.25, 0.3) is 0 Å². The first-order valence-corrected chi connectivity index (χ1v) is 4.63. The third kappa shape index (κ3) is 2.46. The molecule has 1 heterocycles. The third-order valence-electron chi connectivity index (χ3n) is 2.26. The lowest BCUT2D eigenvalue weighted by Crippen LogP contribution is -2.15. The molecule has 0 aromatic heterocycles. The first kappa shape index (κ1) is 9.01. The summed E-state index contributed by atoms with van der Waals surface area (Å²) in [4.78, 5) is 0. The summed E-state index contributed by atoms with van der Waals surface area (Å²) in [6, 6.07) is 0. The van der Waals surface area contributed by atoms with E-state index in [1.807, 2.05) is 6.92 Å². The molecule has 66 valence electrons. The second-order valence-corrected chi connectivity index (χ2v) is 3.26. The molecule has 0 aromatic rings. The first-order valence-electron chi connectivity index (χ1n) is 4.63. The zero-order valence-electron chi connectivity index (χ0n) is 7.42. The van der Waals surface area contributed by atoms with Crippen LogP contribution in [0, 0.1) is 0 Å². The van der Waals surface area contributed by atoms with E-state index in [1.165, 1.54) is 12.8 Å². The van der Waals surface area contributed by atoms with Crippen LogP contribution >= 0.6 is 0 Å². The summed E-state index contributed by atoms with van der Waals surface area (Å²) in [6.45, 7) is 4.16. The largest absolute Gasteiger partial charge is 0.390 e. The fourth-order valence-corrected chi connectivity index (χ4v) is 1.36. The molecule has 0 spiro atoms. The highest BCUT2D eigenvalue weighted by Crippen LogP contribution is 2.30. The Kier molecular flexibility index (Phi) is 3.34. The van der Waals surface area contributed by atoms with Gasteiger partial charge >= 0.3 is 0 Å².